The van der Waals surface area contributed by atoms with Gasteiger partial charge in [0.05, 0.1) is 0 Å². The Morgan fingerprint density at radius 1 is 1.44 bits per heavy atom. The zero-order chi connectivity index (χ0) is 13.6. The van der Waals surface area contributed by atoms with Crippen LogP contribution in [0.5, 0.6) is 0 Å². The molecule has 0 fully saturated rings. The van der Waals surface area contributed by atoms with Gasteiger partial charge in [0.15, 0.2) is 5.78 Å². The molecule has 0 aliphatic heterocycles. The number of rotatable bonds is 6. The number of carbonyl (C=O) groups excluding carboxylic acids is 1. The van der Waals surface area contributed by atoms with Crippen LogP contribution in [-0.2, 0) is 9.53 Å². The maximum atomic E-state index is 11.8. The Morgan fingerprint density at radius 3 is 2.78 bits per heavy atom. The van der Waals surface area contributed by atoms with E-state index in [0.717, 1.165) is 31.7 Å². The molecule has 0 amide bonds. The van der Waals surface area contributed by atoms with E-state index in [1.54, 1.807) is 0 Å². The van der Waals surface area contributed by atoms with Crippen molar-refractivity contribution in [3.63, 3.8) is 0 Å². The first kappa shape index (κ1) is 14.7. The molecule has 4 nitrogen and oxygen atoms in total. The van der Waals surface area contributed by atoms with Crippen LogP contribution in [-0.4, -0.2) is 25.5 Å². The molecule has 0 spiro atoms. The van der Waals surface area contributed by atoms with Crippen LogP contribution in [0.4, 0.5) is 0 Å². The normalized spacial score (nSPS) is 18.7. The van der Waals surface area contributed by atoms with Gasteiger partial charge in [0.25, 0.3) is 0 Å². The second-order valence-electron chi connectivity index (χ2n) is 5.38. The highest BCUT2D eigenvalue weighted by atomic mass is 16.5. The lowest BCUT2D eigenvalue weighted by atomic mass is 9.76. The molecule has 0 radical (unpaired) electrons. The molecule has 0 aromatic rings. The second-order valence-corrected chi connectivity index (χ2v) is 5.38. The van der Waals surface area contributed by atoms with E-state index in [1.807, 2.05) is 13.0 Å². The minimum absolute atomic E-state index is 0.0407. The van der Waals surface area contributed by atoms with Gasteiger partial charge in [-0.1, -0.05) is 13.8 Å². The summed E-state index contributed by atoms with van der Waals surface area (Å²) in [7, 11) is 0. The summed E-state index contributed by atoms with van der Waals surface area (Å²) in [5.74, 6) is -0.0407. The molecule has 100 valence electrons. The predicted molar refractivity (Wildman–Crippen MR) is 69.8 cm³/mol. The zero-order valence-electron chi connectivity index (χ0n) is 11.5. The summed E-state index contributed by atoms with van der Waals surface area (Å²) in [6.07, 6.45) is 2.10. The number of hydrogen-bond acceptors (Lipinski definition) is 4. The van der Waals surface area contributed by atoms with Crippen molar-refractivity contribution in [3.05, 3.63) is 11.3 Å². The van der Waals surface area contributed by atoms with Crippen LogP contribution in [0.1, 0.15) is 40.0 Å². The Hall–Kier alpha value is -1.34. The highest BCUT2D eigenvalue weighted by Gasteiger charge is 2.32. The van der Waals surface area contributed by atoms with Crippen LogP contribution in [0.3, 0.4) is 0 Å². The molecule has 1 aliphatic carbocycles. The van der Waals surface area contributed by atoms with Crippen LogP contribution in [0.2, 0.25) is 0 Å². The number of nitriles is 1. The van der Waals surface area contributed by atoms with Crippen molar-refractivity contribution in [1.82, 2.24) is 5.32 Å². The summed E-state index contributed by atoms with van der Waals surface area (Å²) in [4.78, 5) is 11.8. The van der Waals surface area contributed by atoms with Gasteiger partial charge in [-0.25, -0.2) is 0 Å². The lowest BCUT2D eigenvalue weighted by Gasteiger charge is -2.30. The summed E-state index contributed by atoms with van der Waals surface area (Å²) in [5, 5.41) is 12.3. The summed E-state index contributed by atoms with van der Waals surface area (Å²) in [6, 6.07) is 2.03. The quantitative estimate of drug-likeness (QED) is 0.734. The molecule has 0 saturated carbocycles. The van der Waals surface area contributed by atoms with Crippen LogP contribution in [0, 0.1) is 16.7 Å². The molecule has 1 rings (SSSR count). The number of hydrogen-bond donors (Lipinski definition) is 1. The molecule has 1 N–H and O–H groups in total. The molecule has 1 aliphatic rings. The molecule has 0 unspecified atom stereocenters. The number of ketones is 1. The smallest absolute Gasteiger partial charge is 0.175 e. The van der Waals surface area contributed by atoms with Crippen molar-refractivity contribution in [2.75, 3.05) is 19.8 Å². The highest BCUT2D eigenvalue weighted by molar-refractivity contribution is 6.01. The predicted octanol–water partition coefficient (Wildman–Crippen LogP) is 2.17. The largest absolute Gasteiger partial charge is 0.387 e. The average molecular weight is 250 g/mol. The van der Waals surface area contributed by atoms with Gasteiger partial charge in [-0.3, -0.25) is 4.79 Å². The van der Waals surface area contributed by atoms with Crippen molar-refractivity contribution in [2.24, 2.45) is 5.41 Å². The molecule has 0 bridgehead atoms. The maximum absolute atomic E-state index is 11.8. The Bertz CT molecular complexity index is 378. The van der Waals surface area contributed by atoms with Gasteiger partial charge in [0.1, 0.15) is 11.6 Å². The molecule has 0 saturated heterocycles. The summed E-state index contributed by atoms with van der Waals surface area (Å²) in [5.41, 5.74) is 1.06. The van der Waals surface area contributed by atoms with E-state index >= 15 is 0 Å². The fourth-order valence-electron chi connectivity index (χ4n) is 2.16. The first-order valence-electron chi connectivity index (χ1n) is 6.48. The monoisotopic (exact) mass is 250 g/mol. The fourth-order valence-corrected chi connectivity index (χ4v) is 2.16. The van der Waals surface area contributed by atoms with Crippen molar-refractivity contribution in [2.45, 2.75) is 40.0 Å². The Labute approximate surface area is 109 Å². The summed E-state index contributed by atoms with van der Waals surface area (Å²) >= 11 is 0. The minimum Gasteiger partial charge on any atom is -0.387 e. The van der Waals surface area contributed by atoms with Gasteiger partial charge >= 0.3 is 0 Å². The standard InChI is InChI=1S/C14H22N2O2/c1-4-18-7-5-6-16-12-8-14(2,3)9-13(17)11(12)10-15/h16H,4-9H2,1-3H3. The maximum Gasteiger partial charge on any atom is 0.175 e. The van der Waals surface area contributed by atoms with E-state index < -0.39 is 0 Å². The van der Waals surface area contributed by atoms with Crippen molar-refractivity contribution >= 4 is 5.78 Å². The van der Waals surface area contributed by atoms with E-state index in [-0.39, 0.29) is 11.2 Å². The highest BCUT2D eigenvalue weighted by Crippen LogP contribution is 2.35. The van der Waals surface area contributed by atoms with Crippen molar-refractivity contribution in [1.29, 1.82) is 5.26 Å². The third kappa shape index (κ3) is 4.15. The number of carbonyl (C=O) groups is 1. The number of ether oxygens (including phenoxy) is 1. The van der Waals surface area contributed by atoms with Gasteiger partial charge in [-0.05, 0) is 25.2 Å². The molecule has 4 heteroatoms. The Morgan fingerprint density at radius 2 is 2.17 bits per heavy atom. The van der Waals surface area contributed by atoms with Crippen LogP contribution in [0.15, 0.2) is 11.3 Å². The van der Waals surface area contributed by atoms with E-state index in [1.165, 1.54) is 0 Å². The Kier molecular flexibility index (Phi) is 5.36. The molecular formula is C14H22N2O2. The van der Waals surface area contributed by atoms with Crippen LogP contribution >= 0.6 is 0 Å². The number of nitrogens with zero attached hydrogens (tertiary/aromatic N) is 1. The van der Waals surface area contributed by atoms with Crippen LogP contribution in [0.25, 0.3) is 0 Å². The SMILES string of the molecule is CCOCCCNC1=C(C#N)C(=O)CC(C)(C)C1. The first-order valence-corrected chi connectivity index (χ1v) is 6.48. The molecule has 0 heterocycles. The van der Waals surface area contributed by atoms with E-state index in [2.05, 4.69) is 19.2 Å². The van der Waals surface area contributed by atoms with Gasteiger partial charge in [-0.2, -0.15) is 5.26 Å². The zero-order valence-corrected chi connectivity index (χ0v) is 11.5. The summed E-state index contributed by atoms with van der Waals surface area (Å²) in [6.45, 7) is 8.24. The lowest BCUT2D eigenvalue weighted by Crippen LogP contribution is -2.31. The third-order valence-corrected chi connectivity index (χ3v) is 2.99. The van der Waals surface area contributed by atoms with Gasteiger partial charge in [0.2, 0.25) is 0 Å². The number of allylic oxidation sites excluding steroid dienone is 2. The Balaban J connectivity index is 2.59. The van der Waals surface area contributed by atoms with Crippen molar-refractivity contribution < 1.29 is 9.53 Å². The van der Waals surface area contributed by atoms with Gasteiger partial charge in [-0.15, -0.1) is 0 Å². The fraction of sp³-hybridized carbons (Fsp3) is 0.714. The second kappa shape index (κ2) is 6.55. The lowest BCUT2D eigenvalue weighted by molar-refractivity contribution is -0.117. The third-order valence-electron chi connectivity index (χ3n) is 2.99. The van der Waals surface area contributed by atoms with E-state index in [4.69, 9.17) is 10.00 Å². The van der Waals surface area contributed by atoms with Crippen molar-refractivity contribution in [3.8, 4) is 6.07 Å². The molecule has 18 heavy (non-hydrogen) atoms. The van der Waals surface area contributed by atoms with E-state index in [0.29, 0.717) is 18.6 Å². The first-order chi connectivity index (χ1) is 8.50. The van der Waals surface area contributed by atoms with Gasteiger partial charge in [0, 0.05) is 31.9 Å². The van der Waals surface area contributed by atoms with E-state index in [9.17, 15) is 4.79 Å². The summed E-state index contributed by atoms with van der Waals surface area (Å²) < 4.78 is 5.25. The average Bonchev–Trinajstić information content (AvgIpc) is 2.27. The topological polar surface area (TPSA) is 62.1 Å². The molecular weight excluding hydrogens is 228 g/mol. The number of Topliss-reactive ketones (excluding diaryl/α,β-unsaturated/α-hetero) is 1. The molecule has 0 aromatic carbocycles. The van der Waals surface area contributed by atoms with Gasteiger partial charge < -0.3 is 10.1 Å². The number of nitrogens with one attached hydrogen (secondary N) is 1. The van der Waals surface area contributed by atoms with Crippen LogP contribution < -0.4 is 5.32 Å². The molecule has 0 aromatic heterocycles. The molecule has 0 atom stereocenters. The minimum atomic E-state index is -0.0559.